The maximum atomic E-state index is 12.5. The highest BCUT2D eigenvalue weighted by molar-refractivity contribution is 7.86. The molecule has 2 heterocycles. The van der Waals surface area contributed by atoms with Gasteiger partial charge in [-0.25, -0.2) is 9.97 Å². The Balaban J connectivity index is 2.17. The fraction of sp³-hybridized carbons (Fsp3) is 0.714. The first kappa shape index (κ1) is 16.3. The summed E-state index contributed by atoms with van der Waals surface area (Å²) in [7, 11) is -3.35. The zero-order chi connectivity index (χ0) is 15.6. The Bertz CT molecular complexity index is 579. The van der Waals surface area contributed by atoms with Crippen molar-refractivity contribution >= 4 is 10.2 Å². The first-order valence-corrected chi connectivity index (χ1v) is 8.85. The lowest BCUT2D eigenvalue weighted by Crippen LogP contribution is -2.42. The van der Waals surface area contributed by atoms with Crippen molar-refractivity contribution in [2.45, 2.75) is 40.0 Å². The minimum Gasteiger partial charge on any atom is -0.238 e. The monoisotopic (exact) mass is 312 g/mol. The van der Waals surface area contributed by atoms with Gasteiger partial charge in [0, 0.05) is 43.5 Å². The van der Waals surface area contributed by atoms with Crippen LogP contribution in [0.15, 0.2) is 6.07 Å². The summed E-state index contributed by atoms with van der Waals surface area (Å²) >= 11 is 0. The van der Waals surface area contributed by atoms with Gasteiger partial charge in [-0.1, -0.05) is 13.8 Å². The van der Waals surface area contributed by atoms with Crippen LogP contribution in [0.3, 0.4) is 0 Å². The van der Waals surface area contributed by atoms with E-state index < -0.39 is 10.2 Å². The van der Waals surface area contributed by atoms with E-state index in [0.717, 1.165) is 23.6 Å². The van der Waals surface area contributed by atoms with E-state index in [9.17, 15) is 8.42 Å². The van der Waals surface area contributed by atoms with Gasteiger partial charge in [0.05, 0.1) is 0 Å². The van der Waals surface area contributed by atoms with Crippen LogP contribution < -0.4 is 0 Å². The fourth-order valence-electron chi connectivity index (χ4n) is 2.80. The van der Waals surface area contributed by atoms with Crippen molar-refractivity contribution < 1.29 is 8.42 Å². The molecule has 6 nitrogen and oxygen atoms in total. The SMILES string of the molecule is CCN(CC)S(=O)(=O)N1CCC(c2nc(C)cc(C)n2)C1. The molecule has 0 radical (unpaired) electrons. The lowest BCUT2D eigenvalue weighted by atomic mass is 10.1. The van der Waals surface area contributed by atoms with Gasteiger partial charge >= 0.3 is 0 Å². The van der Waals surface area contributed by atoms with E-state index in [0.29, 0.717) is 26.2 Å². The zero-order valence-corrected chi connectivity index (χ0v) is 14.0. The molecule has 0 saturated carbocycles. The average Bonchev–Trinajstić information content (AvgIpc) is 2.89. The predicted octanol–water partition coefficient (Wildman–Crippen LogP) is 1.47. The van der Waals surface area contributed by atoms with E-state index in [2.05, 4.69) is 9.97 Å². The molecule has 1 saturated heterocycles. The van der Waals surface area contributed by atoms with Crippen molar-refractivity contribution in [2.24, 2.45) is 0 Å². The second-order valence-electron chi connectivity index (χ2n) is 5.44. The molecule has 0 aromatic carbocycles. The van der Waals surface area contributed by atoms with Gasteiger partial charge in [0.25, 0.3) is 10.2 Å². The van der Waals surface area contributed by atoms with Crippen molar-refractivity contribution in [1.29, 1.82) is 0 Å². The van der Waals surface area contributed by atoms with Crippen molar-refractivity contribution in [1.82, 2.24) is 18.6 Å². The van der Waals surface area contributed by atoms with Crippen LogP contribution in [0.2, 0.25) is 0 Å². The molecule has 1 aliphatic rings. The highest BCUT2D eigenvalue weighted by atomic mass is 32.2. The molecule has 1 aromatic heterocycles. The molecule has 1 fully saturated rings. The van der Waals surface area contributed by atoms with Crippen LogP contribution in [0.5, 0.6) is 0 Å². The third-order valence-electron chi connectivity index (χ3n) is 3.87. The van der Waals surface area contributed by atoms with Gasteiger partial charge in [-0.3, -0.25) is 0 Å². The molecule has 0 N–H and O–H groups in total. The Morgan fingerprint density at radius 2 is 1.81 bits per heavy atom. The van der Waals surface area contributed by atoms with Gasteiger partial charge in [-0.2, -0.15) is 17.0 Å². The first-order valence-electron chi connectivity index (χ1n) is 7.45. The Hall–Kier alpha value is -1.05. The summed E-state index contributed by atoms with van der Waals surface area (Å²) in [5, 5.41) is 0. The molecule has 1 atom stereocenters. The highest BCUT2D eigenvalue weighted by Gasteiger charge is 2.36. The number of hydrogen-bond donors (Lipinski definition) is 0. The minimum absolute atomic E-state index is 0.0916. The molecule has 1 aliphatic heterocycles. The Labute approximate surface area is 127 Å². The molecule has 2 rings (SSSR count). The molecule has 1 unspecified atom stereocenters. The topological polar surface area (TPSA) is 66.4 Å². The van der Waals surface area contributed by atoms with Crippen molar-refractivity contribution in [3.8, 4) is 0 Å². The quantitative estimate of drug-likeness (QED) is 0.826. The van der Waals surface area contributed by atoms with E-state index in [1.165, 1.54) is 4.31 Å². The van der Waals surface area contributed by atoms with Crippen molar-refractivity contribution in [3.05, 3.63) is 23.3 Å². The molecule has 1 aromatic rings. The molecule has 7 heteroatoms. The van der Waals surface area contributed by atoms with E-state index >= 15 is 0 Å². The first-order chi connectivity index (χ1) is 9.88. The number of rotatable bonds is 5. The minimum atomic E-state index is -3.35. The molecule has 0 aliphatic carbocycles. The van der Waals surface area contributed by atoms with Gasteiger partial charge in [0.1, 0.15) is 5.82 Å². The molecule has 118 valence electrons. The number of aryl methyl sites for hydroxylation is 2. The summed E-state index contributed by atoms with van der Waals surface area (Å²) in [6, 6.07) is 1.93. The van der Waals surface area contributed by atoms with Gasteiger partial charge in [0.2, 0.25) is 0 Å². The highest BCUT2D eigenvalue weighted by Crippen LogP contribution is 2.28. The Kier molecular flexibility index (Phi) is 4.95. The summed E-state index contributed by atoms with van der Waals surface area (Å²) < 4.78 is 28.1. The smallest absolute Gasteiger partial charge is 0.238 e. The molecule has 21 heavy (non-hydrogen) atoms. The number of aromatic nitrogens is 2. The van der Waals surface area contributed by atoms with Crippen molar-refractivity contribution in [2.75, 3.05) is 26.2 Å². The third-order valence-corrected chi connectivity index (χ3v) is 6.03. The van der Waals surface area contributed by atoms with Gasteiger partial charge in [0.15, 0.2) is 0 Å². The second-order valence-corrected chi connectivity index (χ2v) is 7.37. The predicted molar refractivity (Wildman–Crippen MR) is 82.3 cm³/mol. The fourth-order valence-corrected chi connectivity index (χ4v) is 4.48. The maximum Gasteiger partial charge on any atom is 0.281 e. The summed E-state index contributed by atoms with van der Waals surface area (Å²) in [4.78, 5) is 8.94. The lowest BCUT2D eigenvalue weighted by molar-refractivity contribution is 0.377. The van der Waals surface area contributed by atoms with Crippen LogP contribution in [0.4, 0.5) is 0 Å². The lowest BCUT2D eigenvalue weighted by Gasteiger charge is -2.25. The summed E-state index contributed by atoms with van der Waals surface area (Å²) in [5.74, 6) is 0.860. The molecule has 0 spiro atoms. The third kappa shape index (κ3) is 3.41. The van der Waals surface area contributed by atoms with Crippen molar-refractivity contribution in [3.63, 3.8) is 0 Å². The van der Waals surface area contributed by atoms with E-state index in [4.69, 9.17) is 0 Å². The molecule has 0 amide bonds. The molecular weight excluding hydrogens is 288 g/mol. The number of hydrogen-bond acceptors (Lipinski definition) is 4. The standard InChI is InChI=1S/C14H24N4O2S/c1-5-17(6-2)21(19,20)18-8-7-13(10-18)14-15-11(3)9-12(4)16-14/h9,13H,5-8,10H2,1-4H3. The summed E-state index contributed by atoms with van der Waals surface area (Å²) in [5.41, 5.74) is 1.87. The van der Waals surface area contributed by atoms with Gasteiger partial charge < -0.3 is 0 Å². The van der Waals surface area contributed by atoms with Crippen LogP contribution >= 0.6 is 0 Å². The average molecular weight is 312 g/mol. The van der Waals surface area contributed by atoms with E-state index in [1.807, 2.05) is 33.8 Å². The summed E-state index contributed by atoms with van der Waals surface area (Å²) in [6.07, 6.45) is 0.781. The Morgan fingerprint density at radius 1 is 1.24 bits per heavy atom. The van der Waals surface area contributed by atoms with E-state index in [-0.39, 0.29) is 5.92 Å². The Morgan fingerprint density at radius 3 is 2.33 bits per heavy atom. The van der Waals surface area contributed by atoms with Gasteiger partial charge in [-0.05, 0) is 26.3 Å². The van der Waals surface area contributed by atoms with Crippen LogP contribution in [-0.4, -0.2) is 53.2 Å². The van der Waals surface area contributed by atoms with Crippen LogP contribution in [0.1, 0.15) is 43.4 Å². The maximum absolute atomic E-state index is 12.5. The normalized spacial score (nSPS) is 20.3. The zero-order valence-electron chi connectivity index (χ0n) is 13.2. The largest absolute Gasteiger partial charge is 0.281 e. The van der Waals surface area contributed by atoms with Crippen LogP contribution in [-0.2, 0) is 10.2 Å². The molecule has 0 bridgehead atoms. The molecular formula is C14H24N4O2S. The van der Waals surface area contributed by atoms with Crippen LogP contribution in [0.25, 0.3) is 0 Å². The summed E-state index contributed by atoms with van der Waals surface area (Å²) in [6.45, 7) is 9.63. The second kappa shape index (κ2) is 6.37. The number of nitrogens with zero attached hydrogens (tertiary/aromatic N) is 4. The van der Waals surface area contributed by atoms with Crippen LogP contribution in [0, 0.1) is 13.8 Å². The van der Waals surface area contributed by atoms with Gasteiger partial charge in [-0.15, -0.1) is 0 Å². The van der Waals surface area contributed by atoms with E-state index in [1.54, 1.807) is 4.31 Å².